The fourth-order valence-corrected chi connectivity index (χ4v) is 2.32. The molecule has 2 unspecified atom stereocenters. The van der Waals surface area contributed by atoms with E-state index in [1.165, 1.54) is 20.5 Å². The Labute approximate surface area is 123 Å². The third-order valence-corrected chi connectivity index (χ3v) is 3.08. The van der Waals surface area contributed by atoms with Crippen molar-refractivity contribution in [2.75, 3.05) is 0 Å². The molecule has 1 aliphatic rings. The van der Waals surface area contributed by atoms with Crippen molar-refractivity contribution in [1.82, 2.24) is 0 Å². The lowest BCUT2D eigenvalue weighted by molar-refractivity contribution is -0.212. The highest BCUT2D eigenvalue weighted by molar-refractivity contribution is 6.41. The third kappa shape index (κ3) is 4.91. The highest BCUT2D eigenvalue weighted by atomic mass is 16.6. The molecule has 1 aliphatic carbocycles. The molecule has 9 nitrogen and oxygen atoms in total. The van der Waals surface area contributed by atoms with E-state index in [0.29, 0.717) is 0 Å². The predicted molar refractivity (Wildman–Crippen MR) is 74.1 cm³/mol. The average molecular weight is 306 g/mol. The monoisotopic (exact) mass is 306 g/mol. The summed E-state index contributed by atoms with van der Waals surface area (Å²) in [4.78, 5) is 0. The summed E-state index contributed by atoms with van der Waals surface area (Å²) >= 11 is 0. The van der Waals surface area contributed by atoms with Gasteiger partial charge in [0.25, 0.3) is 0 Å². The first-order valence-corrected chi connectivity index (χ1v) is 6.70. The van der Waals surface area contributed by atoms with Gasteiger partial charge in [0.15, 0.2) is 0 Å². The zero-order valence-electron chi connectivity index (χ0n) is 12.1. The van der Waals surface area contributed by atoms with Crippen molar-refractivity contribution in [3.63, 3.8) is 0 Å². The smallest absolute Gasteiger partial charge is 0.427 e. The number of hydrogen-bond acceptors (Lipinski definition) is 9. The molecule has 0 heterocycles. The van der Waals surface area contributed by atoms with Crippen molar-refractivity contribution in [1.29, 1.82) is 0 Å². The van der Waals surface area contributed by atoms with Gasteiger partial charge in [-0.05, 0) is 20.5 Å². The molecule has 6 atom stereocenters. The van der Waals surface area contributed by atoms with E-state index in [0.717, 1.165) is 0 Å². The van der Waals surface area contributed by atoms with E-state index in [-0.39, 0.29) is 0 Å². The molecule has 1 saturated carbocycles. The molecular weight excluding hydrogens is 285 g/mol. The molecule has 0 aliphatic heterocycles. The van der Waals surface area contributed by atoms with Crippen LogP contribution in [0.2, 0.25) is 20.5 Å². The third-order valence-electron chi connectivity index (χ3n) is 3.08. The Balaban J connectivity index is 3.05. The quantitative estimate of drug-likeness (QED) is 0.276. The summed E-state index contributed by atoms with van der Waals surface area (Å²) in [5, 5.41) is 57.7. The van der Waals surface area contributed by atoms with Gasteiger partial charge in [-0.2, -0.15) is 0 Å². The maximum absolute atomic E-state index is 9.97. The van der Waals surface area contributed by atoms with Crippen LogP contribution in [0, 0.1) is 0 Å². The van der Waals surface area contributed by atoms with Crippen molar-refractivity contribution < 1.29 is 44.4 Å². The van der Waals surface area contributed by atoms with Crippen LogP contribution in [0.4, 0.5) is 0 Å². The van der Waals surface area contributed by atoms with Crippen LogP contribution in [0.3, 0.4) is 0 Å². The SMILES string of the molecule is CB(O)OC1[C@@H](OB(C)O)[C@H](O)C(O)[C@@H](O)[C@H]1OB(C)O. The summed E-state index contributed by atoms with van der Waals surface area (Å²) in [6.07, 6.45) is -8.56. The lowest BCUT2D eigenvalue weighted by Gasteiger charge is -2.46. The van der Waals surface area contributed by atoms with E-state index in [1.807, 2.05) is 0 Å². The van der Waals surface area contributed by atoms with E-state index in [2.05, 4.69) is 0 Å². The van der Waals surface area contributed by atoms with E-state index >= 15 is 0 Å². The molecule has 12 heteroatoms. The van der Waals surface area contributed by atoms with Gasteiger partial charge in [-0.3, -0.25) is 0 Å². The Kier molecular flexibility index (Phi) is 7.11. The Morgan fingerprint density at radius 1 is 0.571 bits per heavy atom. The maximum atomic E-state index is 9.97. The summed E-state index contributed by atoms with van der Waals surface area (Å²) in [6.45, 7) is 3.87. The molecule has 0 radical (unpaired) electrons. The van der Waals surface area contributed by atoms with Crippen molar-refractivity contribution in [2.24, 2.45) is 0 Å². The number of rotatable bonds is 6. The zero-order chi connectivity index (χ0) is 16.3. The van der Waals surface area contributed by atoms with Gasteiger partial charge < -0.3 is 44.4 Å². The van der Waals surface area contributed by atoms with Gasteiger partial charge in [0.05, 0.1) is 18.3 Å². The summed E-state index contributed by atoms with van der Waals surface area (Å²) in [5.74, 6) is 0. The van der Waals surface area contributed by atoms with Crippen LogP contribution in [0.25, 0.3) is 0 Å². The minimum Gasteiger partial charge on any atom is -0.427 e. The summed E-state index contributed by atoms with van der Waals surface area (Å²) in [5.41, 5.74) is 0. The summed E-state index contributed by atoms with van der Waals surface area (Å²) in [7, 11) is -3.87. The number of aliphatic hydroxyl groups is 3. The van der Waals surface area contributed by atoms with Crippen LogP contribution in [0.5, 0.6) is 0 Å². The minimum absolute atomic E-state index is 1.22. The van der Waals surface area contributed by atoms with Crippen molar-refractivity contribution in [3.05, 3.63) is 0 Å². The molecule has 21 heavy (non-hydrogen) atoms. The molecule has 6 N–H and O–H groups in total. The average Bonchev–Trinajstić information content (AvgIpc) is 2.35. The summed E-state index contributed by atoms with van der Waals surface area (Å²) < 4.78 is 15.3. The van der Waals surface area contributed by atoms with Gasteiger partial charge in [0, 0.05) is 0 Å². The largest absolute Gasteiger partial charge is 0.451 e. The Morgan fingerprint density at radius 3 is 1.14 bits per heavy atom. The van der Waals surface area contributed by atoms with Crippen LogP contribution in [-0.4, -0.2) is 88.4 Å². The molecular formula is C9H21B3O9. The van der Waals surface area contributed by atoms with Crippen LogP contribution >= 0.6 is 0 Å². The highest BCUT2D eigenvalue weighted by Crippen LogP contribution is 2.29. The van der Waals surface area contributed by atoms with Gasteiger partial charge in [-0.25, -0.2) is 0 Å². The maximum Gasteiger partial charge on any atom is 0.451 e. The Morgan fingerprint density at radius 2 is 0.857 bits per heavy atom. The minimum atomic E-state index is -1.63. The molecule has 1 fully saturated rings. The fraction of sp³-hybridized carbons (Fsp3) is 1.00. The number of hydrogen-bond donors (Lipinski definition) is 6. The van der Waals surface area contributed by atoms with Crippen LogP contribution in [0.15, 0.2) is 0 Å². The van der Waals surface area contributed by atoms with Gasteiger partial charge in [-0.1, -0.05) is 0 Å². The molecule has 0 aromatic rings. The number of aliphatic hydroxyl groups excluding tert-OH is 3. The molecule has 1 rings (SSSR count). The Bertz CT molecular complexity index is 295. The van der Waals surface area contributed by atoms with Gasteiger partial charge in [0.2, 0.25) is 0 Å². The molecule has 0 aromatic heterocycles. The second-order valence-electron chi connectivity index (χ2n) is 5.07. The van der Waals surface area contributed by atoms with Gasteiger partial charge >= 0.3 is 21.4 Å². The molecule has 0 amide bonds. The van der Waals surface area contributed by atoms with Crippen LogP contribution in [0.1, 0.15) is 0 Å². The van der Waals surface area contributed by atoms with Crippen molar-refractivity contribution in [3.8, 4) is 0 Å². The first kappa shape index (κ1) is 18.9. The van der Waals surface area contributed by atoms with E-state index in [4.69, 9.17) is 14.0 Å². The predicted octanol–water partition coefficient (Wildman–Crippen LogP) is -3.43. The zero-order valence-corrected chi connectivity index (χ0v) is 12.1. The topological polar surface area (TPSA) is 149 Å². The first-order chi connectivity index (χ1) is 9.65. The molecule has 0 spiro atoms. The molecule has 0 aromatic carbocycles. The second-order valence-corrected chi connectivity index (χ2v) is 5.07. The Hall–Kier alpha value is -0.165. The van der Waals surface area contributed by atoms with Crippen LogP contribution < -0.4 is 0 Å². The lowest BCUT2D eigenvalue weighted by atomic mass is 9.80. The van der Waals surface area contributed by atoms with Crippen molar-refractivity contribution in [2.45, 2.75) is 57.1 Å². The first-order valence-electron chi connectivity index (χ1n) is 6.70. The highest BCUT2D eigenvalue weighted by Gasteiger charge is 2.52. The standard InChI is InChI=1S/C9H21B3O9/c1-10(16)19-7-5(14)4(13)6(15)8(20-11(2)17)9(7)21-12(3)18/h4-9,13-18H,1-3H3/t4?,5-,6-,7-,8+,9?/m1/s1. The fourth-order valence-electron chi connectivity index (χ4n) is 2.32. The van der Waals surface area contributed by atoms with Crippen LogP contribution in [-0.2, 0) is 14.0 Å². The summed E-state index contributed by atoms with van der Waals surface area (Å²) in [6, 6.07) is 0. The molecule has 0 bridgehead atoms. The van der Waals surface area contributed by atoms with Crippen molar-refractivity contribution >= 4 is 21.4 Å². The second kappa shape index (κ2) is 7.91. The normalized spacial score (nSPS) is 36.4. The van der Waals surface area contributed by atoms with E-state index in [9.17, 15) is 30.4 Å². The lowest BCUT2D eigenvalue weighted by Crippen LogP contribution is -2.67. The van der Waals surface area contributed by atoms with E-state index < -0.39 is 58.0 Å². The molecule has 0 saturated heterocycles. The van der Waals surface area contributed by atoms with Gasteiger partial charge in [-0.15, -0.1) is 0 Å². The van der Waals surface area contributed by atoms with Gasteiger partial charge in [0.1, 0.15) is 18.3 Å². The molecule has 120 valence electrons. The van der Waals surface area contributed by atoms with E-state index in [1.54, 1.807) is 0 Å².